The predicted molar refractivity (Wildman–Crippen MR) is 91.6 cm³/mol. The molecule has 0 amide bonds. The number of benzene rings is 1. The van der Waals surface area contributed by atoms with Crippen molar-refractivity contribution in [3.8, 4) is 11.5 Å². The number of halogens is 2. The lowest BCUT2D eigenvalue weighted by Crippen LogP contribution is -2.45. The summed E-state index contributed by atoms with van der Waals surface area (Å²) in [5, 5.41) is 3.44. The van der Waals surface area contributed by atoms with Crippen molar-refractivity contribution < 1.29 is 9.47 Å². The Labute approximate surface area is 144 Å². The third-order valence-electron chi connectivity index (χ3n) is 4.63. The van der Waals surface area contributed by atoms with Crippen LogP contribution in [0.4, 0.5) is 0 Å². The van der Waals surface area contributed by atoms with Gasteiger partial charge in [0.15, 0.2) is 11.5 Å². The Morgan fingerprint density at radius 1 is 1.14 bits per heavy atom. The van der Waals surface area contributed by atoms with Gasteiger partial charge in [0.25, 0.3) is 0 Å². The first kappa shape index (κ1) is 17.7. The average molecular weight is 347 g/mol. The summed E-state index contributed by atoms with van der Waals surface area (Å²) in [6.45, 7) is 4.80. The smallest absolute Gasteiger partial charge is 0.231 e. The molecule has 0 aromatic heterocycles. The summed E-state index contributed by atoms with van der Waals surface area (Å²) < 4.78 is 11.3. The Bertz CT molecular complexity index is 491. The number of piperazine rings is 1. The van der Waals surface area contributed by atoms with Crippen LogP contribution >= 0.6 is 24.8 Å². The van der Waals surface area contributed by atoms with E-state index < -0.39 is 0 Å². The molecule has 3 aliphatic rings. The molecule has 4 rings (SSSR count). The largest absolute Gasteiger partial charge is 0.454 e. The summed E-state index contributed by atoms with van der Waals surface area (Å²) in [6.07, 6.45) is 4.06. The lowest BCUT2D eigenvalue weighted by atomic mass is 9.97. The summed E-state index contributed by atoms with van der Waals surface area (Å²) >= 11 is 0. The Morgan fingerprint density at radius 2 is 1.91 bits per heavy atom. The summed E-state index contributed by atoms with van der Waals surface area (Å²) in [5.74, 6) is 2.81. The SMILES string of the molecule is Cl.Cl.c1cc2c(c([C@H](CC3CC3)N3CCNCC3)c1)OCO2. The Hall–Kier alpha value is -0.680. The maximum absolute atomic E-state index is 5.74. The first-order chi connectivity index (χ1) is 9.92. The summed E-state index contributed by atoms with van der Waals surface area (Å²) in [4.78, 5) is 2.62. The van der Waals surface area contributed by atoms with Crippen molar-refractivity contribution in [3.05, 3.63) is 23.8 Å². The molecule has 1 saturated carbocycles. The average Bonchev–Trinajstić information content (AvgIpc) is 3.19. The van der Waals surface area contributed by atoms with Crippen LogP contribution in [0.3, 0.4) is 0 Å². The van der Waals surface area contributed by atoms with Gasteiger partial charge < -0.3 is 14.8 Å². The summed E-state index contributed by atoms with van der Waals surface area (Å²) in [7, 11) is 0. The third kappa shape index (κ3) is 3.62. The highest BCUT2D eigenvalue weighted by atomic mass is 35.5. The van der Waals surface area contributed by atoms with E-state index in [1.54, 1.807) is 0 Å². The van der Waals surface area contributed by atoms with Crippen LogP contribution in [0.15, 0.2) is 18.2 Å². The lowest BCUT2D eigenvalue weighted by molar-refractivity contribution is 0.150. The standard InChI is InChI=1S/C16H22N2O2.2ClH/c1-2-13(16-15(3-1)19-11-20-16)14(10-12-4-5-12)18-8-6-17-7-9-18;;/h1-3,12,14,17H,4-11H2;2*1H/t14-;;/m0../s1. The quantitative estimate of drug-likeness (QED) is 0.908. The van der Waals surface area contributed by atoms with E-state index in [0.29, 0.717) is 12.8 Å². The van der Waals surface area contributed by atoms with Gasteiger partial charge in [-0.25, -0.2) is 0 Å². The van der Waals surface area contributed by atoms with E-state index in [0.717, 1.165) is 43.6 Å². The van der Waals surface area contributed by atoms with E-state index >= 15 is 0 Å². The van der Waals surface area contributed by atoms with Crippen LogP contribution in [0.25, 0.3) is 0 Å². The molecule has 6 heteroatoms. The fourth-order valence-corrected chi connectivity index (χ4v) is 3.35. The lowest BCUT2D eigenvalue weighted by Gasteiger charge is -2.35. The van der Waals surface area contributed by atoms with E-state index in [9.17, 15) is 0 Å². The summed E-state index contributed by atoms with van der Waals surface area (Å²) in [6, 6.07) is 6.83. The highest BCUT2D eigenvalue weighted by Crippen LogP contribution is 2.46. The molecular formula is C16H24Cl2N2O2. The molecule has 4 nitrogen and oxygen atoms in total. The van der Waals surface area contributed by atoms with Gasteiger partial charge in [-0.15, -0.1) is 24.8 Å². The second kappa shape index (κ2) is 7.73. The molecule has 2 aliphatic heterocycles. The number of rotatable bonds is 4. The molecule has 0 unspecified atom stereocenters. The molecule has 1 aromatic rings. The van der Waals surface area contributed by atoms with Crippen LogP contribution < -0.4 is 14.8 Å². The summed E-state index contributed by atoms with van der Waals surface area (Å²) in [5.41, 5.74) is 1.33. The molecule has 1 aromatic carbocycles. The molecule has 0 radical (unpaired) electrons. The van der Waals surface area contributed by atoms with E-state index in [4.69, 9.17) is 9.47 Å². The van der Waals surface area contributed by atoms with E-state index in [1.807, 2.05) is 6.07 Å². The fraction of sp³-hybridized carbons (Fsp3) is 0.625. The van der Waals surface area contributed by atoms with Gasteiger partial charge in [-0.1, -0.05) is 25.0 Å². The minimum absolute atomic E-state index is 0. The predicted octanol–water partition coefficient (Wildman–Crippen LogP) is 3.01. The van der Waals surface area contributed by atoms with Crippen LogP contribution in [-0.2, 0) is 0 Å². The normalized spacial score (nSPS) is 21.6. The molecule has 0 bridgehead atoms. The van der Waals surface area contributed by atoms with Crippen molar-refractivity contribution in [2.45, 2.75) is 25.3 Å². The van der Waals surface area contributed by atoms with Crippen molar-refractivity contribution >= 4 is 24.8 Å². The van der Waals surface area contributed by atoms with E-state index in [-0.39, 0.29) is 24.8 Å². The van der Waals surface area contributed by atoms with Crippen molar-refractivity contribution in [3.63, 3.8) is 0 Å². The molecule has 2 fully saturated rings. The number of nitrogens with zero attached hydrogens (tertiary/aromatic N) is 1. The number of ether oxygens (including phenoxy) is 2. The molecule has 0 spiro atoms. The minimum Gasteiger partial charge on any atom is -0.454 e. The molecule has 22 heavy (non-hydrogen) atoms. The number of hydrogen-bond acceptors (Lipinski definition) is 4. The van der Waals surface area contributed by atoms with E-state index in [2.05, 4.69) is 22.3 Å². The number of hydrogen-bond donors (Lipinski definition) is 1. The first-order valence-corrected chi connectivity index (χ1v) is 7.75. The van der Waals surface area contributed by atoms with Gasteiger partial charge in [0.1, 0.15) is 0 Å². The van der Waals surface area contributed by atoms with Crippen molar-refractivity contribution in [1.82, 2.24) is 10.2 Å². The molecule has 2 heterocycles. The number of para-hydroxylation sites is 1. The van der Waals surface area contributed by atoms with Crippen molar-refractivity contribution in [2.24, 2.45) is 5.92 Å². The zero-order valence-corrected chi connectivity index (χ0v) is 14.3. The Balaban J connectivity index is 0.000000882. The maximum atomic E-state index is 5.74. The van der Waals surface area contributed by atoms with Gasteiger partial charge in [-0.2, -0.15) is 0 Å². The van der Waals surface area contributed by atoms with Crippen LogP contribution in [0.5, 0.6) is 11.5 Å². The second-order valence-electron chi connectivity index (χ2n) is 6.06. The fourth-order valence-electron chi connectivity index (χ4n) is 3.35. The van der Waals surface area contributed by atoms with Crippen LogP contribution in [0, 0.1) is 5.92 Å². The third-order valence-corrected chi connectivity index (χ3v) is 4.63. The molecule has 124 valence electrons. The highest BCUT2D eigenvalue weighted by Gasteiger charge is 2.33. The van der Waals surface area contributed by atoms with Crippen molar-refractivity contribution in [2.75, 3.05) is 33.0 Å². The molecule has 1 atom stereocenters. The molecular weight excluding hydrogens is 323 g/mol. The monoisotopic (exact) mass is 346 g/mol. The first-order valence-electron chi connectivity index (χ1n) is 7.75. The van der Waals surface area contributed by atoms with Gasteiger partial charge in [-0.3, -0.25) is 4.90 Å². The Kier molecular flexibility index (Phi) is 6.21. The van der Waals surface area contributed by atoms with Crippen LogP contribution in [0.2, 0.25) is 0 Å². The van der Waals surface area contributed by atoms with Gasteiger partial charge in [0.2, 0.25) is 6.79 Å². The van der Waals surface area contributed by atoms with Gasteiger partial charge in [0.05, 0.1) is 0 Å². The topological polar surface area (TPSA) is 33.7 Å². The number of fused-ring (bicyclic) bond motifs is 1. The minimum atomic E-state index is 0. The van der Waals surface area contributed by atoms with Gasteiger partial charge in [-0.05, 0) is 18.4 Å². The second-order valence-corrected chi connectivity index (χ2v) is 6.06. The maximum Gasteiger partial charge on any atom is 0.231 e. The zero-order valence-electron chi connectivity index (χ0n) is 12.6. The van der Waals surface area contributed by atoms with Gasteiger partial charge in [0, 0.05) is 37.8 Å². The number of nitrogens with one attached hydrogen (secondary N) is 1. The molecule has 1 saturated heterocycles. The highest BCUT2D eigenvalue weighted by molar-refractivity contribution is 5.85. The van der Waals surface area contributed by atoms with Crippen LogP contribution in [-0.4, -0.2) is 37.9 Å². The Morgan fingerprint density at radius 3 is 2.64 bits per heavy atom. The van der Waals surface area contributed by atoms with Crippen LogP contribution in [0.1, 0.15) is 30.9 Å². The van der Waals surface area contributed by atoms with Gasteiger partial charge >= 0.3 is 0 Å². The molecule has 1 aliphatic carbocycles. The van der Waals surface area contributed by atoms with Crippen molar-refractivity contribution in [1.29, 1.82) is 0 Å². The molecule has 1 N–H and O–H groups in total. The van der Waals surface area contributed by atoms with E-state index in [1.165, 1.54) is 24.8 Å². The zero-order chi connectivity index (χ0) is 13.4.